The molecule has 2 aliphatic rings. The van der Waals surface area contributed by atoms with Gasteiger partial charge in [0.25, 0.3) is 0 Å². The van der Waals surface area contributed by atoms with Crippen LogP contribution in [0, 0.1) is 11.6 Å². The molecule has 0 bridgehead atoms. The number of anilines is 2. The maximum absolute atomic E-state index is 15.8. The van der Waals surface area contributed by atoms with Crippen LogP contribution in [0.25, 0.3) is 10.9 Å². The molecule has 0 amide bonds. The molecule has 8 nitrogen and oxygen atoms in total. The van der Waals surface area contributed by atoms with Gasteiger partial charge in [-0.2, -0.15) is 0 Å². The number of nitrogens with two attached hydrogens (primary N) is 1. The van der Waals surface area contributed by atoms with Crippen molar-refractivity contribution >= 4 is 28.2 Å². The van der Waals surface area contributed by atoms with Crippen LogP contribution in [0.4, 0.5) is 20.2 Å². The first-order chi connectivity index (χ1) is 14.3. The third kappa shape index (κ3) is 3.10. The van der Waals surface area contributed by atoms with Gasteiger partial charge in [0, 0.05) is 31.9 Å². The van der Waals surface area contributed by atoms with Crippen LogP contribution in [0.2, 0.25) is 0 Å². The van der Waals surface area contributed by atoms with Gasteiger partial charge in [0.1, 0.15) is 11.3 Å². The van der Waals surface area contributed by atoms with Crippen LogP contribution >= 0.6 is 0 Å². The van der Waals surface area contributed by atoms with Gasteiger partial charge in [0.05, 0.1) is 28.7 Å². The Morgan fingerprint density at radius 1 is 1.33 bits per heavy atom. The van der Waals surface area contributed by atoms with Crippen LogP contribution in [-0.4, -0.2) is 54.5 Å². The highest BCUT2D eigenvalue weighted by Gasteiger charge is 2.38. The summed E-state index contributed by atoms with van der Waals surface area (Å²) in [7, 11) is 1.75. The van der Waals surface area contributed by atoms with E-state index in [1.807, 2.05) is 6.92 Å². The second-order valence-electron chi connectivity index (χ2n) is 7.72. The highest BCUT2D eigenvalue weighted by atomic mass is 19.1. The summed E-state index contributed by atoms with van der Waals surface area (Å²) in [5.74, 6) is -3.44. The molecule has 4 N–H and O–H groups in total. The fourth-order valence-corrected chi connectivity index (χ4v) is 4.24. The topological polar surface area (TPSA) is 110 Å². The average Bonchev–Trinajstić information content (AvgIpc) is 3.47. The van der Waals surface area contributed by atoms with Gasteiger partial charge in [0.2, 0.25) is 5.43 Å². The minimum absolute atomic E-state index is 0.138. The van der Waals surface area contributed by atoms with Crippen LogP contribution in [0.15, 0.2) is 11.0 Å². The molecule has 2 fully saturated rings. The lowest BCUT2D eigenvalue weighted by Gasteiger charge is -2.23. The summed E-state index contributed by atoms with van der Waals surface area (Å²) in [4.78, 5) is 25.7. The lowest BCUT2D eigenvalue weighted by Crippen LogP contribution is -2.38. The number of hydrogen-bond donors (Lipinski definition) is 3. The van der Waals surface area contributed by atoms with Crippen LogP contribution in [0.1, 0.15) is 36.2 Å². The summed E-state index contributed by atoms with van der Waals surface area (Å²) >= 11 is 0. The number of nitrogen functional groups attached to an aromatic ring is 1. The number of nitrogens with one attached hydrogen (secondary N) is 1. The zero-order valence-electron chi connectivity index (χ0n) is 16.7. The first-order valence-corrected chi connectivity index (χ1v) is 9.92. The van der Waals surface area contributed by atoms with Crippen molar-refractivity contribution in [2.45, 2.75) is 38.0 Å². The highest BCUT2D eigenvalue weighted by molar-refractivity contribution is 5.99. The Labute approximate surface area is 171 Å². The first-order valence-electron chi connectivity index (χ1n) is 9.92. The van der Waals surface area contributed by atoms with Crippen LogP contribution in [0.5, 0.6) is 0 Å². The third-order valence-electron chi connectivity index (χ3n) is 5.87. The smallest absolute Gasteiger partial charge is 0.341 e. The van der Waals surface area contributed by atoms with E-state index >= 15 is 8.78 Å². The van der Waals surface area contributed by atoms with Crippen LogP contribution < -0.4 is 21.4 Å². The zero-order chi connectivity index (χ0) is 21.7. The largest absolute Gasteiger partial charge is 0.477 e. The summed E-state index contributed by atoms with van der Waals surface area (Å²) in [5, 5.41) is 12.0. The van der Waals surface area contributed by atoms with E-state index in [1.165, 1.54) is 9.47 Å². The molecule has 162 valence electrons. The third-order valence-corrected chi connectivity index (χ3v) is 5.87. The minimum atomic E-state index is -1.46. The molecule has 1 aromatic carbocycles. The van der Waals surface area contributed by atoms with Crippen molar-refractivity contribution in [3.63, 3.8) is 0 Å². The molecule has 0 spiro atoms. The maximum atomic E-state index is 15.8. The van der Waals surface area contributed by atoms with Gasteiger partial charge in [-0.3, -0.25) is 4.79 Å². The SMILES string of the molecule is CCO[C@H]1CN(c2c(F)c(N)c3c(=O)c(C(=O)O)cn(C4CC4)c3c2F)C[C@H]1NC. The number of carboxylic acid groups (broad SMARTS) is 1. The Morgan fingerprint density at radius 2 is 2.03 bits per heavy atom. The van der Waals surface area contributed by atoms with Gasteiger partial charge in [-0.15, -0.1) is 0 Å². The van der Waals surface area contributed by atoms with Crippen molar-refractivity contribution in [2.75, 3.05) is 37.4 Å². The first kappa shape index (κ1) is 20.5. The lowest BCUT2D eigenvalue weighted by molar-refractivity contribution is 0.0612. The number of aromatic nitrogens is 1. The number of rotatable bonds is 6. The fraction of sp³-hybridized carbons (Fsp3) is 0.500. The molecular weight excluding hydrogens is 398 g/mol. The normalized spacial score (nSPS) is 21.5. The Hall–Kier alpha value is -2.72. The molecule has 1 saturated carbocycles. The molecule has 2 atom stereocenters. The number of benzene rings is 1. The molecule has 0 radical (unpaired) electrons. The molecule has 1 aliphatic carbocycles. The highest BCUT2D eigenvalue weighted by Crippen LogP contribution is 2.42. The average molecular weight is 422 g/mol. The molecule has 4 rings (SSSR count). The monoisotopic (exact) mass is 422 g/mol. The van der Waals surface area contributed by atoms with Gasteiger partial charge in [-0.05, 0) is 26.8 Å². The molecule has 30 heavy (non-hydrogen) atoms. The van der Waals surface area contributed by atoms with E-state index in [2.05, 4.69) is 5.32 Å². The number of carboxylic acids is 1. The number of halogens is 2. The number of nitrogens with zero attached hydrogens (tertiary/aromatic N) is 2. The Morgan fingerprint density at radius 3 is 2.60 bits per heavy atom. The Balaban J connectivity index is 1.96. The Bertz CT molecular complexity index is 1080. The molecule has 1 saturated heterocycles. The van der Waals surface area contributed by atoms with E-state index < -0.39 is 39.7 Å². The number of pyridine rings is 1. The summed E-state index contributed by atoms with van der Waals surface area (Å²) in [6.45, 7) is 2.85. The minimum Gasteiger partial charge on any atom is -0.477 e. The standard InChI is InChI=1S/C20H24F2N4O4/c1-3-30-12-8-25(7-11(12)24-2)18-14(21)16(23)13-17(15(18)22)26(9-4-5-9)6-10(19(13)27)20(28)29/h6,9,11-12,24H,3-5,7-8,23H2,1-2H3,(H,28,29)/t11-,12+/m1/s1. The number of ether oxygens (including phenoxy) is 1. The lowest BCUT2D eigenvalue weighted by atomic mass is 10.1. The summed E-state index contributed by atoms with van der Waals surface area (Å²) in [6.07, 6.45) is 2.29. The second kappa shape index (κ2) is 7.51. The predicted molar refractivity (Wildman–Crippen MR) is 108 cm³/mol. The maximum Gasteiger partial charge on any atom is 0.341 e. The van der Waals surface area contributed by atoms with Crippen molar-refractivity contribution in [2.24, 2.45) is 0 Å². The van der Waals surface area contributed by atoms with Gasteiger partial charge in [-0.25, -0.2) is 13.6 Å². The number of likely N-dealkylation sites (N-methyl/N-ethyl adjacent to an activating group) is 1. The molecule has 1 aromatic heterocycles. The van der Waals surface area contributed by atoms with E-state index in [-0.39, 0.29) is 35.9 Å². The molecule has 2 aromatic rings. The number of carbonyl (C=O) groups is 1. The van der Waals surface area contributed by atoms with E-state index in [9.17, 15) is 14.7 Å². The van der Waals surface area contributed by atoms with Crippen molar-refractivity contribution < 1.29 is 23.4 Å². The zero-order valence-corrected chi connectivity index (χ0v) is 16.7. The van der Waals surface area contributed by atoms with Crippen molar-refractivity contribution in [1.82, 2.24) is 9.88 Å². The summed E-state index contributed by atoms with van der Waals surface area (Å²) < 4.78 is 38.2. The second-order valence-corrected chi connectivity index (χ2v) is 7.72. The number of hydrogen-bond acceptors (Lipinski definition) is 6. The molecule has 0 unspecified atom stereocenters. The molecular formula is C20H24F2N4O4. The van der Waals surface area contributed by atoms with Crippen molar-refractivity contribution in [3.05, 3.63) is 33.6 Å². The predicted octanol–water partition coefficient (Wildman–Crippen LogP) is 1.71. The van der Waals surface area contributed by atoms with Gasteiger partial charge in [0.15, 0.2) is 11.6 Å². The van der Waals surface area contributed by atoms with Crippen LogP contribution in [0.3, 0.4) is 0 Å². The molecule has 2 heterocycles. The fourth-order valence-electron chi connectivity index (χ4n) is 4.24. The van der Waals surface area contributed by atoms with Crippen molar-refractivity contribution in [1.29, 1.82) is 0 Å². The summed E-state index contributed by atoms with van der Waals surface area (Å²) in [6, 6.07) is -0.293. The van der Waals surface area contributed by atoms with Gasteiger partial charge in [-0.1, -0.05) is 0 Å². The van der Waals surface area contributed by atoms with Gasteiger partial charge >= 0.3 is 5.97 Å². The number of fused-ring (bicyclic) bond motifs is 1. The summed E-state index contributed by atoms with van der Waals surface area (Å²) in [5.41, 5.74) is 3.40. The quantitative estimate of drug-likeness (QED) is 0.608. The molecule has 10 heteroatoms. The van der Waals surface area contributed by atoms with Crippen LogP contribution in [-0.2, 0) is 4.74 Å². The van der Waals surface area contributed by atoms with E-state index in [0.29, 0.717) is 26.0 Å². The Kier molecular flexibility index (Phi) is 5.15. The van der Waals surface area contributed by atoms with E-state index in [4.69, 9.17) is 10.5 Å². The van der Waals surface area contributed by atoms with E-state index in [0.717, 1.165) is 6.20 Å². The molecule has 1 aliphatic heterocycles. The number of aromatic carboxylic acids is 1. The van der Waals surface area contributed by atoms with E-state index in [1.54, 1.807) is 7.05 Å². The van der Waals surface area contributed by atoms with Crippen molar-refractivity contribution in [3.8, 4) is 0 Å². The van der Waals surface area contributed by atoms with Gasteiger partial charge < -0.3 is 30.4 Å².